The number of piperidine rings is 1. The lowest BCUT2D eigenvalue weighted by molar-refractivity contribution is -0.131. The lowest BCUT2D eigenvalue weighted by atomic mass is 9.77. The minimum Gasteiger partial charge on any atom is -0.349 e. The van der Waals surface area contributed by atoms with E-state index in [9.17, 15) is 9.59 Å². The molecular weight excluding hydrogens is 493 g/mol. The highest BCUT2D eigenvalue weighted by Gasteiger charge is 2.38. The summed E-state index contributed by atoms with van der Waals surface area (Å²) in [5, 5.41) is 4.26. The molecule has 0 aliphatic carbocycles. The zero-order chi connectivity index (χ0) is 25.7. The van der Waals surface area contributed by atoms with Crippen LogP contribution in [0.5, 0.6) is 0 Å². The molecule has 2 unspecified atom stereocenters. The second kappa shape index (κ2) is 12.0. The summed E-state index contributed by atoms with van der Waals surface area (Å²) in [6, 6.07) is 15.9. The summed E-state index contributed by atoms with van der Waals surface area (Å²) in [5.74, 6) is 0.301. The molecule has 0 spiro atoms. The van der Waals surface area contributed by atoms with Crippen LogP contribution in [0.25, 0.3) is 0 Å². The number of hydrogen-bond donors (Lipinski definition) is 1. The highest BCUT2D eigenvalue weighted by Crippen LogP contribution is 2.34. The van der Waals surface area contributed by atoms with Gasteiger partial charge in [0, 0.05) is 32.1 Å². The van der Waals surface area contributed by atoms with E-state index in [1.807, 2.05) is 37.3 Å². The summed E-state index contributed by atoms with van der Waals surface area (Å²) in [5.41, 5.74) is 1.20. The van der Waals surface area contributed by atoms with Gasteiger partial charge >= 0.3 is 0 Å². The number of likely N-dealkylation sites (tertiary alicyclic amines) is 2. The van der Waals surface area contributed by atoms with E-state index >= 15 is 0 Å². The van der Waals surface area contributed by atoms with Gasteiger partial charge in [0.15, 0.2) is 0 Å². The lowest BCUT2D eigenvalue weighted by Gasteiger charge is -2.38. The number of carbonyl (C=O) groups is 2. The Morgan fingerprint density at radius 2 is 1.81 bits per heavy atom. The van der Waals surface area contributed by atoms with E-state index < -0.39 is 5.41 Å². The number of rotatable bonds is 9. The van der Waals surface area contributed by atoms with Gasteiger partial charge in [0.05, 0.1) is 21.5 Å². The highest BCUT2D eigenvalue weighted by molar-refractivity contribution is 6.42. The maximum absolute atomic E-state index is 13.9. The molecule has 2 aliphatic heterocycles. The standard InChI is InChI=1S/C29H37Cl2N3O2/c1-3-26(21-8-5-4-6-9-21)32-28(36)29(2,22-11-12-24(30)25(31)20-22)15-19-33-17-13-23(14-18-33)34-16-7-10-27(34)35/h4-6,8-9,11-12,20,23,26H,3,7,10,13-19H2,1-2H3,(H,32,36). The maximum Gasteiger partial charge on any atom is 0.230 e. The van der Waals surface area contributed by atoms with E-state index in [4.69, 9.17) is 23.2 Å². The molecular formula is C29H37Cl2N3O2. The van der Waals surface area contributed by atoms with Crippen LogP contribution in [0.4, 0.5) is 0 Å². The van der Waals surface area contributed by atoms with Crippen molar-refractivity contribution in [3.8, 4) is 0 Å². The molecule has 4 rings (SSSR count). The molecule has 0 bridgehead atoms. The number of nitrogens with one attached hydrogen (secondary N) is 1. The van der Waals surface area contributed by atoms with Crippen LogP contribution >= 0.6 is 23.2 Å². The summed E-state index contributed by atoms with van der Waals surface area (Å²) in [4.78, 5) is 30.6. The molecule has 2 saturated heterocycles. The first-order valence-corrected chi connectivity index (χ1v) is 13.9. The van der Waals surface area contributed by atoms with Gasteiger partial charge < -0.3 is 15.1 Å². The summed E-state index contributed by atoms with van der Waals surface area (Å²) in [6.45, 7) is 7.68. The van der Waals surface area contributed by atoms with E-state index in [1.54, 1.807) is 6.07 Å². The molecule has 0 aromatic heterocycles. The van der Waals surface area contributed by atoms with Crippen molar-refractivity contribution in [2.75, 3.05) is 26.2 Å². The molecule has 2 aromatic carbocycles. The SMILES string of the molecule is CCC(NC(=O)C(C)(CCN1CCC(N2CCCC2=O)CC1)c1ccc(Cl)c(Cl)c1)c1ccccc1. The van der Waals surface area contributed by atoms with Crippen LogP contribution in [0, 0.1) is 0 Å². The van der Waals surface area contributed by atoms with Crippen molar-refractivity contribution in [3.05, 3.63) is 69.7 Å². The molecule has 2 aromatic rings. The van der Waals surface area contributed by atoms with Crippen molar-refractivity contribution in [2.45, 2.75) is 69.9 Å². The average molecular weight is 531 g/mol. The van der Waals surface area contributed by atoms with Gasteiger partial charge in [-0.15, -0.1) is 0 Å². The zero-order valence-corrected chi connectivity index (χ0v) is 22.8. The van der Waals surface area contributed by atoms with Crippen LogP contribution in [0.3, 0.4) is 0 Å². The predicted octanol–water partition coefficient (Wildman–Crippen LogP) is 6.00. The first kappa shape index (κ1) is 27.0. The Balaban J connectivity index is 1.47. The Hall–Kier alpha value is -2.08. The van der Waals surface area contributed by atoms with E-state index in [2.05, 4.69) is 34.2 Å². The maximum atomic E-state index is 13.9. The molecule has 2 heterocycles. The van der Waals surface area contributed by atoms with Gasteiger partial charge in [-0.1, -0.05) is 66.5 Å². The Morgan fingerprint density at radius 1 is 1.08 bits per heavy atom. The van der Waals surface area contributed by atoms with Crippen LogP contribution in [0.2, 0.25) is 10.0 Å². The lowest BCUT2D eigenvalue weighted by Crippen LogP contribution is -2.48. The zero-order valence-electron chi connectivity index (χ0n) is 21.3. The fourth-order valence-electron chi connectivity index (χ4n) is 5.54. The van der Waals surface area contributed by atoms with E-state index in [0.717, 1.165) is 63.0 Å². The van der Waals surface area contributed by atoms with Crippen LogP contribution in [0.1, 0.15) is 69.5 Å². The van der Waals surface area contributed by atoms with E-state index in [0.29, 0.717) is 34.8 Å². The molecule has 194 valence electrons. The van der Waals surface area contributed by atoms with Crippen molar-refractivity contribution in [1.29, 1.82) is 0 Å². The van der Waals surface area contributed by atoms with Crippen LogP contribution in [0.15, 0.2) is 48.5 Å². The Kier molecular flexibility index (Phi) is 8.97. The van der Waals surface area contributed by atoms with Crippen LogP contribution in [-0.2, 0) is 15.0 Å². The molecule has 2 fully saturated rings. The normalized spacial score (nSPS) is 19.8. The second-order valence-electron chi connectivity index (χ2n) is 10.3. The molecule has 36 heavy (non-hydrogen) atoms. The number of benzene rings is 2. The molecule has 5 nitrogen and oxygen atoms in total. The Morgan fingerprint density at radius 3 is 2.42 bits per heavy atom. The first-order valence-electron chi connectivity index (χ1n) is 13.1. The van der Waals surface area contributed by atoms with Gasteiger partial charge in [-0.05, 0) is 68.8 Å². The van der Waals surface area contributed by atoms with Crippen molar-refractivity contribution in [3.63, 3.8) is 0 Å². The molecule has 2 amide bonds. The summed E-state index contributed by atoms with van der Waals surface area (Å²) >= 11 is 12.6. The predicted molar refractivity (Wildman–Crippen MR) is 146 cm³/mol. The molecule has 0 radical (unpaired) electrons. The smallest absolute Gasteiger partial charge is 0.230 e. The Labute approximate surface area is 225 Å². The average Bonchev–Trinajstić information content (AvgIpc) is 3.33. The van der Waals surface area contributed by atoms with Gasteiger partial charge in [0.25, 0.3) is 0 Å². The fraction of sp³-hybridized carbons (Fsp3) is 0.517. The summed E-state index contributed by atoms with van der Waals surface area (Å²) in [7, 11) is 0. The largest absolute Gasteiger partial charge is 0.349 e. The quantitative estimate of drug-likeness (QED) is 0.433. The highest BCUT2D eigenvalue weighted by atomic mass is 35.5. The third-order valence-corrected chi connectivity index (χ3v) is 8.75. The monoisotopic (exact) mass is 529 g/mol. The van der Waals surface area contributed by atoms with Gasteiger partial charge in [-0.25, -0.2) is 0 Å². The number of carbonyl (C=O) groups excluding carboxylic acids is 2. The third kappa shape index (κ3) is 6.07. The van der Waals surface area contributed by atoms with Crippen molar-refractivity contribution < 1.29 is 9.59 Å². The number of hydrogen-bond acceptors (Lipinski definition) is 3. The van der Waals surface area contributed by atoms with Crippen LogP contribution < -0.4 is 5.32 Å². The number of amides is 2. The molecule has 2 atom stereocenters. The molecule has 0 saturated carbocycles. The molecule has 1 N–H and O–H groups in total. The number of nitrogens with zero attached hydrogens (tertiary/aromatic N) is 2. The van der Waals surface area contributed by atoms with Gasteiger partial charge in [-0.2, -0.15) is 0 Å². The van der Waals surface area contributed by atoms with Crippen molar-refractivity contribution >= 4 is 35.0 Å². The van der Waals surface area contributed by atoms with Crippen molar-refractivity contribution in [1.82, 2.24) is 15.1 Å². The second-order valence-corrected chi connectivity index (χ2v) is 11.1. The van der Waals surface area contributed by atoms with Gasteiger partial charge in [-0.3, -0.25) is 9.59 Å². The minimum absolute atomic E-state index is 0.00542. The summed E-state index contributed by atoms with van der Waals surface area (Å²) in [6.07, 6.45) is 5.13. The first-order chi connectivity index (χ1) is 17.3. The van der Waals surface area contributed by atoms with Gasteiger partial charge in [0.1, 0.15) is 0 Å². The molecule has 7 heteroatoms. The van der Waals surface area contributed by atoms with E-state index in [1.165, 1.54) is 0 Å². The number of halogens is 2. The summed E-state index contributed by atoms with van der Waals surface area (Å²) < 4.78 is 0. The minimum atomic E-state index is -0.766. The fourth-order valence-corrected chi connectivity index (χ4v) is 5.84. The van der Waals surface area contributed by atoms with Gasteiger partial charge in [0.2, 0.25) is 11.8 Å². The van der Waals surface area contributed by atoms with Crippen LogP contribution in [-0.4, -0.2) is 53.8 Å². The van der Waals surface area contributed by atoms with E-state index in [-0.39, 0.29) is 11.9 Å². The Bertz CT molecular complexity index is 1060. The third-order valence-electron chi connectivity index (χ3n) is 8.01. The molecule has 2 aliphatic rings. The van der Waals surface area contributed by atoms with Crippen molar-refractivity contribution in [2.24, 2.45) is 0 Å². The topological polar surface area (TPSA) is 52.7 Å².